The Hall–Kier alpha value is -0.420. The largest absolute Gasteiger partial charge is 0.468 e. The smallest absolute Gasteiger partial charge is 0.408 e. The van der Waals surface area contributed by atoms with Crippen molar-refractivity contribution >= 4 is 13.7 Å². The predicted octanol–water partition coefficient (Wildman–Crippen LogP) is 1.02. The summed E-state index contributed by atoms with van der Waals surface area (Å²) in [6.07, 6.45) is 0. The second-order valence-electron chi connectivity index (χ2n) is 4.54. The lowest BCUT2D eigenvalue weighted by atomic mass is 9.93. The quantitative estimate of drug-likeness (QED) is 0.413. The van der Waals surface area contributed by atoms with Gasteiger partial charge < -0.3 is 4.74 Å². The summed E-state index contributed by atoms with van der Waals surface area (Å²) in [5.41, 5.74) is -0.859. The van der Waals surface area contributed by atoms with Gasteiger partial charge in [0.2, 0.25) is 0 Å². The maximum Gasteiger partial charge on any atom is 0.408 e. The Balaban J connectivity index is 2.01. The van der Waals surface area contributed by atoms with Crippen LogP contribution in [0.4, 0.5) is 0 Å². The molecular weight excluding hydrogens is 233 g/mol. The molecule has 0 aromatic heterocycles. The molecule has 2 saturated heterocycles. The summed E-state index contributed by atoms with van der Waals surface area (Å²) in [7, 11) is -1.82. The average Bonchev–Trinajstić information content (AvgIpc) is 3.00. The Morgan fingerprint density at radius 2 is 2.00 bits per heavy atom. The SMILES string of the molecule is COC(=O)C1(C)COP(=O)(N2C[C@H]2C)OC1. The molecule has 0 radical (unpaired) electrons. The standard InChI is InChI=1S/C9H16NO5P/c1-7-4-10(7)16(12)14-5-9(2,6-15-16)8(11)13-3/h7H,4-6H2,1-3H3/t7-,9?,10?,16?/m1/s1. The summed E-state index contributed by atoms with van der Waals surface area (Å²) in [5.74, 6) is -0.405. The molecule has 0 spiro atoms. The van der Waals surface area contributed by atoms with Gasteiger partial charge >= 0.3 is 13.7 Å². The number of nitrogens with zero attached hydrogens (tertiary/aromatic N) is 1. The van der Waals surface area contributed by atoms with E-state index in [0.29, 0.717) is 6.54 Å². The number of methoxy groups -OCH3 is 1. The molecule has 6 nitrogen and oxygen atoms in total. The van der Waals surface area contributed by atoms with Gasteiger partial charge in [0.25, 0.3) is 0 Å². The molecule has 1 unspecified atom stereocenters. The van der Waals surface area contributed by atoms with Gasteiger partial charge in [0, 0.05) is 12.6 Å². The van der Waals surface area contributed by atoms with Crippen LogP contribution >= 0.6 is 7.75 Å². The van der Waals surface area contributed by atoms with Crippen molar-refractivity contribution in [2.45, 2.75) is 19.9 Å². The maximum atomic E-state index is 12.1. The number of rotatable bonds is 2. The molecule has 0 N–H and O–H groups in total. The third kappa shape index (κ3) is 1.91. The highest BCUT2D eigenvalue weighted by molar-refractivity contribution is 7.51. The summed E-state index contributed by atoms with van der Waals surface area (Å²) in [6.45, 7) is 4.47. The van der Waals surface area contributed by atoms with Crippen molar-refractivity contribution in [1.29, 1.82) is 0 Å². The number of ether oxygens (including phenoxy) is 1. The summed E-state index contributed by atoms with van der Waals surface area (Å²) >= 11 is 0. The van der Waals surface area contributed by atoms with Crippen LogP contribution in [0.1, 0.15) is 13.8 Å². The molecule has 2 heterocycles. The van der Waals surface area contributed by atoms with E-state index in [9.17, 15) is 9.36 Å². The van der Waals surface area contributed by atoms with Crippen LogP contribution in [0.5, 0.6) is 0 Å². The topological polar surface area (TPSA) is 64.8 Å². The summed E-state index contributed by atoms with van der Waals surface area (Å²) < 4.78 is 29.0. The third-order valence-electron chi connectivity index (χ3n) is 2.91. The predicted molar refractivity (Wildman–Crippen MR) is 55.8 cm³/mol. The van der Waals surface area contributed by atoms with Crippen LogP contribution in [-0.4, -0.2) is 43.5 Å². The molecule has 92 valence electrons. The molecule has 7 heteroatoms. The van der Waals surface area contributed by atoms with Gasteiger partial charge in [0.05, 0.1) is 20.3 Å². The lowest BCUT2D eigenvalue weighted by molar-refractivity contribution is -0.158. The van der Waals surface area contributed by atoms with E-state index in [2.05, 4.69) is 4.74 Å². The number of hydrogen-bond donors (Lipinski definition) is 0. The van der Waals surface area contributed by atoms with E-state index < -0.39 is 19.1 Å². The highest BCUT2D eigenvalue weighted by Gasteiger charge is 2.53. The zero-order valence-corrected chi connectivity index (χ0v) is 10.5. The highest BCUT2D eigenvalue weighted by Crippen LogP contribution is 2.61. The van der Waals surface area contributed by atoms with Crippen LogP contribution in [0.15, 0.2) is 0 Å². The molecule has 16 heavy (non-hydrogen) atoms. The first-order valence-electron chi connectivity index (χ1n) is 5.16. The first-order valence-corrected chi connectivity index (χ1v) is 6.65. The number of carbonyl (C=O) groups excluding carboxylic acids is 1. The Morgan fingerprint density at radius 3 is 2.38 bits per heavy atom. The van der Waals surface area contributed by atoms with Gasteiger partial charge in [-0.2, -0.15) is 0 Å². The van der Waals surface area contributed by atoms with Crippen molar-refractivity contribution in [3.05, 3.63) is 0 Å². The fraction of sp³-hybridized carbons (Fsp3) is 0.889. The van der Waals surface area contributed by atoms with E-state index in [1.165, 1.54) is 7.11 Å². The normalized spacial score (nSPS) is 47.4. The average molecular weight is 249 g/mol. The zero-order chi connectivity index (χ0) is 12.0. The van der Waals surface area contributed by atoms with Gasteiger partial charge in [0.15, 0.2) is 0 Å². The van der Waals surface area contributed by atoms with Gasteiger partial charge in [-0.1, -0.05) is 0 Å². The van der Waals surface area contributed by atoms with Crippen LogP contribution in [0.3, 0.4) is 0 Å². The van der Waals surface area contributed by atoms with Crippen molar-refractivity contribution < 1.29 is 23.1 Å². The maximum absolute atomic E-state index is 12.1. The van der Waals surface area contributed by atoms with E-state index in [1.807, 2.05) is 6.92 Å². The van der Waals surface area contributed by atoms with Gasteiger partial charge in [-0.05, 0) is 13.8 Å². The van der Waals surface area contributed by atoms with E-state index >= 15 is 0 Å². The fourth-order valence-electron chi connectivity index (χ4n) is 1.60. The van der Waals surface area contributed by atoms with Crippen LogP contribution in [0, 0.1) is 5.41 Å². The van der Waals surface area contributed by atoms with Crippen molar-refractivity contribution in [3.8, 4) is 0 Å². The van der Waals surface area contributed by atoms with Crippen molar-refractivity contribution in [2.24, 2.45) is 5.41 Å². The molecular formula is C9H16NO5P. The Kier molecular flexibility index (Phi) is 2.87. The molecule has 0 aromatic rings. The first-order chi connectivity index (χ1) is 7.41. The summed E-state index contributed by atoms with van der Waals surface area (Å²) in [5, 5.41) is 0. The van der Waals surface area contributed by atoms with Crippen molar-refractivity contribution in [1.82, 2.24) is 4.67 Å². The highest BCUT2D eigenvalue weighted by atomic mass is 31.2. The molecule has 2 aliphatic heterocycles. The van der Waals surface area contributed by atoms with E-state index in [-0.39, 0.29) is 19.3 Å². The summed E-state index contributed by atoms with van der Waals surface area (Å²) in [4.78, 5) is 11.5. The minimum Gasteiger partial charge on any atom is -0.468 e. The third-order valence-corrected chi connectivity index (χ3v) is 5.01. The number of esters is 1. The minimum atomic E-state index is -3.13. The molecule has 0 aromatic carbocycles. The van der Waals surface area contributed by atoms with E-state index in [4.69, 9.17) is 9.05 Å². The van der Waals surface area contributed by atoms with Gasteiger partial charge in [0.1, 0.15) is 5.41 Å². The molecule has 0 saturated carbocycles. The molecule has 2 aliphatic rings. The number of carbonyl (C=O) groups is 1. The van der Waals surface area contributed by atoms with Crippen LogP contribution in [0.25, 0.3) is 0 Å². The monoisotopic (exact) mass is 249 g/mol. The lowest BCUT2D eigenvalue weighted by Gasteiger charge is -2.34. The van der Waals surface area contributed by atoms with Crippen molar-refractivity contribution in [2.75, 3.05) is 26.9 Å². The molecule has 2 rings (SSSR count). The molecule has 0 amide bonds. The van der Waals surface area contributed by atoms with Crippen LogP contribution in [-0.2, 0) is 23.1 Å². The second kappa shape index (κ2) is 3.81. The molecule has 0 bridgehead atoms. The fourth-order valence-corrected chi connectivity index (χ4v) is 3.79. The van der Waals surface area contributed by atoms with E-state index in [0.717, 1.165) is 0 Å². The zero-order valence-electron chi connectivity index (χ0n) is 9.63. The van der Waals surface area contributed by atoms with Crippen molar-refractivity contribution in [3.63, 3.8) is 0 Å². The second-order valence-corrected chi connectivity index (χ2v) is 6.51. The van der Waals surface area contributed by atoms with Gasteiger partial charge in [-0.3, -0.25) is 13.8 Å². The van der Waals surface area contributed by atoms with Crippen LogP contribution < -0.4 is 0 Å². The van der Waals surface area contributed by atoms with E-state index in [1.54, 1.807) is 11.6 Å². The van der Waals surface area contributed by atoms with Crippen LogP contribution in [0.2, 0.25) is 0 Å². The van der Waals surface area contributed by atoms with Gasteiger partial charge in [-0.15, -0.1) is 0 Å². The number of hydrogen-bond acceptors (Lipinski definition) is 5. The Morgan fingerprint density at radius 1 is 1.50 bits per heavy atom. The Bertz CT molecular complexity index is 346. The molecule has 2 fully saturated rings. The molecule has 2 atom stereocenters. The lowest BCUT2D eigenvalue weighted by Crippen LogP contribution is -2.41. The summed E-state index contributed by atoms with van der Waals surface area (Å²) in [6, 6.07) is 0.230. The van der Waals surface area contributed by atoms with Gasteiger partial charge in [-0.25, -0.2) is 9.24 Å². The first kappa shape index (κ1) is 12.0. The minimum absolute atomic E-state index is 0.0696. The Labute approximate surface area is 94.4 Å². The molecule has 0 aliphatic carbocycles.